The molecule has 2 atom stereocenters. The highest BCUT2D eigenvalue weighted by atomic mass is 16.4. The minimum absolute atomic E-state index is 0.0270. The molecule has 1 rings (SSSR count). The van der Waals surface area contributed by atoms with Crippen molar-refractivity contribution in [1.29, 1.82) is 5.26 Å². The fourth-order valence-electron chi connectivity index (χ4n) is 2.65. The van der Waals surface area contributed by atoms with Crippen LogP contribution in [0.25, 0.3) is 0 Å². The number of hydrogen-bond acceptors (Lipinski definition) is 3. The van der Waals surface area contributed by atoms with Crippen molar-refractivity contribution in [3.05, 3.63) is 0 Å². The first-order valence-electron chi connectivity index (χ1n) is 7.00. The number of aliphatic carboxylic acids is 1. The Hall–Kier alpha value is -1.77. The summed E-state index contributed by atoms with van der Waals surface area (Å²) in [5, 5.41) is 20.8. The normalized spacial score (nSPS) is 25.2. The molecule has 1 fully saturated rings. The Bertz CT molecular complexity index is 416. The van der Waals surface area contributed by atoms with Gasteiger partial charge in [0.15, 0.2) is 0 Å². The average molecular weight is 281 g/mol. The Morgan fingerprint density at radius 3 is 2.70 bits per heavy atom. The van der Waals surface area contributed by atoms with Crippen LogP contribution < -0.4 is 5.32 Å². The molecule has 0 aliphatic heterocycles. The number of carbonyl (C=O) groups is 2. The monoisotopic (exact) mass is 281 g/mol. The third-order valence-electron chi connectivity index (χ3n) is 4.09. The van der Waals surface area contributed by atoms with Gasteiger partial charge in [0.25, 0.3) is 0 Å². The smallest absolute Gasteiger partial charge is 0.317 e. The summed E-state index contributed by atoms with van der Waals surface area (Å²) in [6.07, 6.45) is 2.33. The highest BCUT2D eigenvalue weighted by Crippen LogP contribution is 2.38. The average Bonchev–Trinajstić information content (AvgIpc) is 2.72. The Morgan fingerprint density at radius 2 is 2.20 bits per heavy atom. The van der Waals surface area contributed by atoms with Crippen molar-refractivity contribution in [3.63, 3.8) is 0 Å². The van der Waals surface area contributed by atoms with Crippen LogP contribution in [-0.4, -0.2) is 40.6 Å². The van der Waals surface area contributed by atoms with Gasteiger partial charge in [-0.1, -0.05) is 6.42 Å². The van der Waals surface area contributed by atoms with Crippen LogP contribution >= 0.6 is 0 Å². The highest BCUT2D eigenvalue weighted by Gasteiger charge is 2.46. The molecule has 0 aromatic carbocycles. The lowest BCUT2D eigenvalue weighted by Crippen LogP contribution is -2.53. The van der Waals surface area contributed by atoms with Crippen LogP contribution in [0.4, 0.5) is 4.79 Å². The summed E-state index contributed by atoms with van der Waals surface area (Å²) in [6, 6.07) is 1.36. The number of rotatable bonds is 5. The van der Waals surface area contributed by atoms with Crippen LogP contribution in [0.15, 0.2) is 0 Å². The summed E-state index contributed by atoms with van der Waals surface area (Å²) in [7, 11) is 0. The minimum atomic E-state index is -0.895. The van der Waals surface area contributed by atoms with Crippen molar-refractivity contribution in [2.75, 3.05) is 6.54 Å². The molecule has 0 spiro atoms. The molecule has 0 heterocycles. The topological polar surface area (TPSA) is 93.4 Å². The second-order valence-corrected chi connectivity index (χ2v) is 5.81. The maximum absolute atomic E-state index is 12.3. The van der Waals surface area contributed by atoms with E-state index in [1.165, 1.54) is 0 Å². The van der Waals surface area contributed by atoms with Crippen LogP contribution in [0.5, 0.6) is 0 Å². The van der Waals surface area contributed by atoms with Gasteiger partial charge in [-0.3, -0.25) is 4.79 Å². The van der Waals surface area contributed by atoms with E-state index in [2.05, 4.69) is 5.32 Å². The first-order valence-corrected chi connectivity index (χ1v) is 7.00. The lowest BCUT2D eigenvalue weighted by Gasteiger charge is -2.32. The molecule has 2 N–H and O–H groups in total. The zero-order chi connectivity index (χ0) is 15.3. The van der Waals surface area contributed by atoms with Crippen molar-refractivity contribution >= 4 is 12.0 Å². The number of hydrogen-bond donors (Lipinski definition) is 2. The first kappa shape index (κ1) is 16.3. The molecule has 20 heavy (non-hydrogen) atoms. The number of carboxylic acids is 1. The lowest BCUT2D eigenvalue weighted by molar-refractivity contribution is -0.148. The van der Waals surface area contributed by atoms with E-state index in [-0.39, 0.29) is 24.5 Å². The van der Waals surface area contributed by atoms with E-state index in [0.717, 1.165) is 6.42 Å². The van der Waals surface area contributed by atoms with E-state index in [1.807, 2.05) is 19.9 Å². The lowest BCUT2D eigenvalue weighted by atomic mass is 9.85. The fraction of sp³-hybridized carbons (Fsp3) is 0.786. The third kappa shape index (κ3) is 3.41. The van der Waals surface area contributed by atoms with Crippen molar-refractivity contribution < 1.29 is 14.7 Å². The van der Waals surface area contributed by atoms with E-state index >= 15 is 0 Å². The van der Waals surface area contributed by atoms with Gasteiger partial charge in [0.2, 0.25) is 0 Å². The molecule has 2 amide bonds. The van der Waals surface area contributed by atoms with E-state index < -0.39 is 11.4 Å². The summed E-state index contributed by atoms with van der Waals surface area (Å²) in [5.74, 6) is -0.867. The number of carboxylic acid groups (broad SMARTS) is 1. The molecule has 6 heteroatoms. The number of nitriles is 1. The number of nitrogens with one attached hydrogen (secondary N) is 1. The first-order chi connectivity index (χ1) is 9.32. The van der Waals surface area contributed by atoms with Crippen LogP contribution in [0.3, 0.4) is 0 Å². The number of carbonyl (C=O) groups excluding carboxylic acids is 1. The summed E-state index contributed by atoms with van der Waals surface area (Å²) in [6.45, 7) is 5.79. The number of nitrogens with zero attached hydrogens (tertiary/aromatic N) is 2. The van der Waals surface area contributed by atoms with E-state index in [4.69, 9.17) is 5.26 Å². The molecule has 1 aliphatic rings. The predicted molar refractivity (Wildman–Crippen MR) is 74.0 cm³/mol. The Kier molecular flexibility index (Phi) is 5.37. The van der Waals surface area contributed by atoms with Crippen LogP contribution in [0.2, 0.25) is 0 Å². The highest BCUT2D eigenvalue weighted by molar-refractivity contribution is 5.79. The molecular weight excluding hydrogens is 258 g/mol. The van der Waals surface area contributed by atoms with Gasteiger partial charge in [-0.15, -0.1) is 0 Å². The molecule has 112 valence electrons. The zero-order valence-corrected chi connectivity index (χ0v) is 12.3. The molecule has 0 bridgehead atoms. The second-order valence-electron chi connectivity index (χ2n) is 5.81. The van der Waals surface area contributed by atoms with E-state index in [1.54, 1.807) is 11.8 Å². The van der Waals surface area contributed by atoms with Gasteiger partial charge >= 0.3 is 12.0 Å². The molecule has 6 nitrogen and oxygen atoms in total. The van der Waals surface area contributed by atoms with Crippen LogP contribution in [0.1, 0.15) is 46.5 Å². The summed E-state index contributed by atoms with van der Waals surface area (Å²) in [5.41, 5.74) is -0.895. The van der Waals surface area contributed by atoms with Gasteiger partial charge < -0.3 is 15.3 Å². The van der Waals surface area contributed by atoms with Gasteiger partial charge in [-0.2, -0.15) is 5.26 Å². The third-order valence-corrected chi connectivity index (χ3v) is 4.09. The van der Waals surface area contributed by atoms with E-state index in [9.17, 15) is 14.7 Å². The molecule has 2 unspecified atom stereocenters. The molecule has 1 saturated carbocycles. The van der Waals surface area contributed by atoms with E-state index in [0.29, 0.717) is 19.4 Å². The Morgan fingerprint density at radius 1 is 1.55 bits per heavy atom. The van der Waals surface area contributed by atoms with Gasteiger partial charge in [0.1, 0.15) is 0 Å². The predicted octanol–water partition coefficient (Wildman–Crippen LogP) is 1.96. The summed E-state index contributed by atoms with van der Waals surface area (Å²) < 4.78 is 0. The molecule has 0 saturated heterocycles. The summed E-state index contributed by atoms with van der Waals surface area (Å²) >= 11 is 0. The van der Waals surface area contributed by atoms with Crippen molar-refractivity contribution in [3.8, 4) is 6.07 Å². The molecule has 0 radical (unpaired) electrons. The molecule has 0 aromatic rings. The largest absolute Gasteiger partial charge is 0.481 e. The van der Waals surface area contributed by atoms with Gasteiger partial charge in [-0.05, 0) is 33.6 Å². The number of amides is 2. The molecule has 0 aromatic heterocycles. The maximum Gasteiger partial charge on any atom is 0.317 e. The van der Waals surface area contributed by atoms with Crippen molar-refractivity contribution in [2.24, 2.45) is 5.41 Å². The van der Waals surface area contributed by atoms with Crippen LogP contribution in [0, 0.1) is 16.7 Å². The minimum Gasteiger partial charge on any atom is -0.481 e. The zero-order valence-electron chi connectivity index (χ0n) is 12.3. The Balaban J connectivity index is 2.73. The molecular formula is C14H23N3O3. The quantitative estimate of drug-likeness (QED) is 0.805. The van der Waals surface area contributed by atoms with Crippen molar-refractivity contribution in [2.45, 2.75) is 58.5 Å². The maximum atomic E-state index is 12.3. The van der Waals surface area contributed by atoms with Gasteiger partial charge in [-0.25, -0.2) is 4.79 Å². The van der Waals surface area contributed by atoms with Gasteiger partial charge in [0.05, 0.1) is 17.9 Å². The second kappa shape index (κ2) is 6.60. The Labute approximate surface area is 119 Å². The standard InChI is InChI=1S/C14H23N3O3/c1-10(2)17(9-5-8-15)13(20)16-11-6-4-7-14(11,3)12(18)19/h10-11H,4-7,9H2,1-3H3,(H,16,20)(H,18,19). The summed E-state index contributed by atoms with van der Waals surface area (Å²) in [4.78, 5) is 25.2. The fourth-order valence-corrected chi connectivity index (χ4v) is 2.65. The SMILES string of the molecule is CC(C)N(CCC#N)C(=O)NC1CCCC1(C)C(=O)O. The van der Waals surface area contributed by atoms with Crippen molar-refractivity contribution in [1.82, 2.24) is 10.2 Å². The molecule has 1 aliphatic carbocycles. The van der Waals surface area contributed by atoms with Gasteiger partial charge in [0, 0.05) is 18.6 Å². The van der Waals surface area contributed by atoms with Crippen LogP contribution in [-0.2, 0) is 4.79 Å². The number of urea groups is 1.